The SMILES string of the molecule is CC(C)[C@H](N)C(=O)N1CCC([C@H]2C[C@H](C(=O)Nc3ccc(F)cc3)CN2C)CC1. The van der Waals surface area contributed by atoms with Crippen LogP contribution in [0.15, 0.2) is 24.3 Å². The minimum Gasteiger partial charge on any atom is -0.341 e. The lowest BCUT2D eigenvalue weighted by Gasteiger charge is -2.38. The summed E-state index contributed by atoms with van der Waals surface area (Å²) in [5, 5.41) is 2.90. The summed E-state index contributed by atoms with van der Waals surface area (Å²) >= 11 is 0. The molecule has 0 unspecified atom stereocenters. The van der Waals surface area contributed by atoms with Gasteiger partial charge >= 0.3 is 0 Å². The predicted molar refractivity (Wildman–Crippen MR) is 112 cm³/mol. The molecule has 2 heterocycles. The first kappa shape index (κ1) is 21.7. The van der Waals surface area contributed by atoms with E-state index in [2.05, 4.69) is 17.3 Å². The minimum atomic E-state index is -0.430. The van der Waals surface area contributed by atoms with Crippen molar-refractivity contribution in [3.63, 3.8) is 0 Å². The van der Waals surface area contributed by atoms with Crippen molar-refractivity contribution in [2.24, 2.45) is 23.5 Å². The Bertz CT molecular complexity index is 716. The first-order chi connectivity index (χ1) is 13.8. The van der Waals surface area contributed by atoms with Crippen LogP contribution in [-0.2, 0) is 9.59 Å². The fraction of sp³-hybridized carbons (Fsp3) is 0.636. The normalized spacial score (nSPS) is 24.7. The Hall–Kier alpha value is -1.99. The monoisotopic (exact) mass is 404 g/mol. The highest BCUT2D eigenvalue weighted by Crippen LogP contribution is 2.33. The van der Waals surface area contributed by atoms with E-state index in [9.17, 15) is 14.0 Å². The second kappa shape index (κ2) is 9.22. The van der Waals surface area contributed by atoms with E-state index in [1.54, 1.807) is 12.1 Å². The molecule has 0 saturated carbocycles. The topological polar surface area (TPSA) is 78.7 Å². The van der Waals surface area contributed by atoms with Crippen LogP contribution in [0.1, 0.15) is 33.1 Å². The van der Waals surface area contributed by atoms with Crippen molar-refractivity contribution in [1.82, 2.24) is 9.80 Å². The molecular weight excluding hydrogens is 371 g/mol. The Morgan fingerprint density at radius 2 is 1.79 bits per heavy atom. The molecule has 2 aliphatic heterocycles. The Kier molecular flexibility index (Phi) is 6.90. The zero-order valence-corrected chi connectivity index (χ0v) is 17.6. The van der Waals surface area contributed by atoms with Crippen molar-refractivity contribution in [3.05, 3.63) is 30.1 Å². The average molecular weight is 405 g/mol. The molecule has 0 bridgehead atoms. The molecule has 160 valence electrons. The molecule has 29 heavy (non-hydrogen) atoms. The summed E-state index contributed by atoms with van der Waals surface area (Å²) in [7, 11) is 2.07. The molecule has 6 nitrogen and oxygen atoms in total. The largest absolute Gasteiger partial charge is 0.341 e. The van der Waals surface area contributed by atoms with Gasteiger partial charge in [-0.2, -0.15) is 0 Å². The number of hydrogen-bond acceptors (Lipinski definition) is 4. The van der Waals surface area contributed by atoms with E-state index < -0.39 is 6.04 Å². The summed E-state index contributed by atoms with van der Waals surface area (Å²) in [5.41, 5.74) is 6.65. The number of hydrogen-bond donors (Lipinski definition) is 2. The molecule has 0 aliphatic carbocycles. The molecule has 2 amide bonds. The van der Waals surface area contributed by atoms with Gasteiger partial charge in [0, 0.05) is 31.4 Å². The second-order valence-electron chi connectivity index (χ2n) is 8.87. The van der Waals surface area contributed by atoms with E-state index in [4.69, 9.17) is 5.73 Å². The van der Waals surface area contributed by atoms with Crippen molar-refractivity contribution >= 4 is 17.5 Å². The van der Waals surface area contributed by atoms with E-state index in [1.165, 1.54) is 12.1 Å². The van der Waals surface area contributed by atoms with E-state index in [1.807, 2.05) is 18.7 Å². The van der Waals surface area contributed by atoms with Crippen LogP contribution in [0.2, 0.25) is 0 Å². The van der Waals surface area contributed by atoms with Crippen LogP contribution < -0.4 is 11.1 Å². The zero-order chi connectivity index (χ0) is 21.1. The maximum atomic E-state index is 13.0. The van der Waals surface area contributed by atoms with Gasteiger partial charge in [0.05, 0.1) is 12.0 Å². The lowest BCUT2D eigenvalue weighted by molar-refractivity contribution is -0.135. The highest BCUT2D eigenvalue weighted by atomic mass is 19.1. The predicted octanol–water partition coefficient (Wildman–Crippen LogP) is 2.31. The van der Waals surface area contributed by atoms with Crippen LogP contribution in [0.3, 0.4) is 0 Å². The van der Waals surface area contributed by atoms with Gasteiger partial charge < -0.3 is 20.9 Å². The number of halogens is 1. The maximum absolute atomic E-state index is 13.0. The fourth-order valence-corrected chi connectivity index (χ4v) is 4.55. The summed E-state index contributed by atoms with van der Waals surface area (Å²) < 4.78 is 13.0. The first-order valence-electron chi connectivity index (χ1n) is 10.6. The van der Waals surface area contributed by atoms with Crippen LogP contribution in [-0.4, -0.2) is 60.4 Å². The molecule has 2 saturated heterocycles. The number of nitrogens with two attached hydrogens (primary N) is 1. The van der Waals surface area contributed by atoms with Gasteiger partial charge in [-0.25, -0.2) is 4.39 Å². The highest BCUT2D eigenvalue weighted by molar-refractivity contribution is 5.92. The van der Waals surface area contributed by atoms with E-state index in [-0.39, 0.29) is 29.5 Å². The van der Waals surface area contributed by atoms with Crippen molar-refractivity contribution < 1.29 is 14.0 Å². The average Bonchev–Trinajstić information content (AvgIpc) is 3.10. The van der Waals surface area contributed by atoms with Gasteiger partial charge in [0.2, 0.25) is 11.8 Å². The molecule has 2 aliphatic rings. The number of benzene rings is 1. The number of likely N-dealkylation sites (tertiary alicyclic amines) is 2. The van der Waals surface area contributed by atoms with Gasteiger partial charge in [-0.15, -0.1) is 0 Å². The zero-order valence-electron chi connectivity index (χ0n) is 17.6. The van der Waals surface area contributed by atoms with Gasteiger partial charge in [0.15, 0.2) is 0 Å². The number of amides is 2. The van der Waals surface area contributed by atoms with Crippen molar-refractivity contribution in [2.45, 2.75) is 45.2 Å². The van der Waals surface area contributed by atoms with Gasteiger partial charge in [-0.1, -0.05) is 13.8 Å². The van der Waals surface area contributed by atoms with Gasteiger partial charge in [0.25, 0.3) is 0 Å². The van der Waals surface area contributed by atoms with Crippen molar-refractivity contribution in [3.8, 4) is 0 Å². The summed E-state index contributed by atoms with van der Waals surface area (Å²) in [6.45, 7) is 6.14. The molecule has 0 radical (unpaired) electrons. The smallest absolute Gasteiger partial charge is 0.239 e. The molecule has 3 atom stereocenters. The van der Waals surface area contributed by atoms with Gasteiger partial charge in [-0.3, -0.25) is 9.59 Å². The van der Waals surface area contributed by atoms with Crippen LogP contribution in [0.25, 0.3) is 0 Å². The Morgan fingerprint density at radius 1 is 1.17 bits per heavy atom. The number of nitrogens with zero attached hydrogens (tertiary/aromatic N) is 2. The molecular formula is C22H33FN4O2. The fourth-order valence-electron chi connectivity index (χ4n) is 4.55. The Balaban J connectivity index is 1.52. The maximum Gasteiger partial charge on any atom is 0.239 e. The van der Waals surface area contributed by atoms with E-state index in [0.29, 0.717) is 17.6 Å². The lowest BCUT2D eigenvalue weighted by atomic mass is 9.86. The third-order valence-electron chi connectivity index (χ3n) is 6.48. The standard InChI is InChI=1S/C22H33FN4O2/c1-14(2)20(24)22(29)27-10-8-15(9-11-27)19-12-16(13-26(19)3)21(28)25-18-6-4-17(23)5-7-18/h4-7,14-16,19-20H,8-13,24H2,1-3H3,(H,25,28)/t16-,19+,20-/m0/s1. The van der Waals surface area contributed by atoms with Gasteiger partial charge in [-0.05, 0) is 62.4 Å². The van der Waals surface area contributed by atoms with Crippen LogP contribution in [0.4, 0.5) is 10.1 Å². The second-order valence-corrected chi connectivity index (χ2v) is 8.87. The van der Waals surface area contributed by atoms with Crippen molar-refractivity contribution in [2.75, 3.05) is 32.0 Å². The third kappa shape index (κ3) is 5.14. The van der Waals surface area contributed by atoms with Crippen molar-refractivity contribution in [1.29, 1.82) is 0 Å². The first-order valence-corrected chi connectivity index (χ1v) is 10.6. The molecule has 3 rings (SSSR count). The Labute approximate surface area is 172 Å². The number of carbonyl (C=O) groups excluding carboxylic acids is 2. The molecule has 1 aromatic rings. The summed E-state index contributed by atoms with van der Waals surface area (Å²) in [5.74, 6) is 0.257. The number of nitrogens with one attached hydrogen (secondary N) is 1. The van der Waals surface area contributed by atoms with E-state index in [0.717, 1.165) is 38.9 Å². The van der Waals surface area contributed by atoms with Crippen LogP contribution in [0.5, 0.6) is 0 Å². The molecule has 3 N–H and O–H groups in total. The lowest BCUT2D eigenvalue weighted by Crippen LogP contribution is -2.50. The number of anilines is 1. The Morgan fingerprint density at radius 3 is 2.38 bits per heavy atom. The number of piperidine rings is 1. The summed E-state index contributed by atoms with van der Waals surface area (Å²) in [6, 6.07) is 5.77. The molecule has 0 spiro atoms. The highest BCUT2D eigenvalue weighted by Gasteiger charge is 2.40. The number of carbonyl (C=O) groups is 2. The molecule has 2 fully saturated rings. The minimum absolute atomic E-state index is 0.0125. The summed E-state index contributed by atoms with van der Waals surface area (Å²) in [4.78, 5) is 29.3. The third-order valence-corrected chi connectivity index (χ3v) is 6.48. The van der Waals surface area contributed by atoms with E-state index >= 15 is 0 Å². The molecule has 0 aromatic heterocycles. The van der Waals surface area contributed by atoms with Gasteiger partial charge in [0.1, 0.15) is 5.82 Å². The van der Waals surface area contributed by atoms with Crippen LogP contribution >= 0.6 is 0 Å². The molecule has 7 heteroatoms. The number of rotatable bonds is 5. The summed E-state index contributed by atoms with van der Waals surface area (Å²) in [6.07, 6.45) is 2.70. The molecule has 1 aromatic carbocycles. The van der Waals surface area contributed by atoms with Crippen LogP contribution in [0, 0.1) is 23.6 Å². The quantitative estimate of drug-likeness (QED) is 0.789.